The van der Waals surface area contributed by atoms with Crippen LogP contribution in [0.1, 0.15) is 271 Å². The van der Waals surface area contributed by atoms with Crippen molar-refractivity contribution >= 4 is 5.91 Å². The van der Waals surface area contributed by atoms with Gasteiger partial charge < -0.3 is 89.9 Å². The first kappa shape index (κ1) is 77.8. The van der Waals surface area contributed by atoms with E-state index in [2.05, 4.69) is 31.3 Å². The van der Waals surface area contributed by atoms with Crippen molar-refractivity contribution in [1.29, 1.82) is 0 Å². The average Bonchev–Trinajstić information content (AvgIpc) is 2.72. The highest BCUT2D eigenvalue weighted by Gasteiger charge is 2.53. The summed E-state index contributed by atoms with van der Waals surface area (Å²) in [5, 5.41) is 120. The number of nitrogens with one attached hydrogen (secondary N) is 1. The molecule has 19 nitrogen and oxygen atoms in total. The summed E-state index contributed by atoms with van der Waals surface area (Å²) >= 11 is 0. The van der Waals surface area contributed by atoms with E-state index in [1.54, 1.807) is 0 Å². The van der Waals surface area contributed by atoms with Gasteiger partial charge in [0.05, 0.1) is 38.6 Å². The predicted octanol–water partition coefficient (Wildman–Crippen LogP) is 8.50. The number of hydrogen-bond donors (Lipinski definition) is 12. The summed E-state index contributed by atoms with van der Waals surface area (Å²) in [4.78, 5) is 13.4. The van der Waals surface area contributed by atoms with Crippen LogP contribution in [0.5, 0.6) is 0 Å². The van der Waals surface area contributed by atoms with Crippen LogP contribution in [0.15, 0.2) is 12.2 Å². The quantitative estimate of drug-likeness (QED) is 0.0201. The first-order valence-electron chi connectivity index (χ1n) is 34.4. The highest BCUT2D eigenvalue weighted by atomic mass is 16.8. The van der Waals surface area contributed by atoms with E-state index in [1.807, 2.05) is 0 Å². The van der Waals surface area contributed by atoms with Crippen LogP contribution in [0.3, 0.4) is 0 Å². The number of rotatable bonds is 53. The normalized spacial score (nSPS) is 29.0. The van der Waals surface area contributed by atoms with Gasteiger partial charge in [0.25, 0.3) is 0 Å². The molecule has 17 atom stereocenters. The zero-order valence-electron chi connectivity index (χ0n) is 52.9. The lowest BCUT2D eigenvalue weighted by molar-refractivity contribution is -0.379. The van der Waals surface area contributed by atoms with Crippen LogP contribution in [-0.4, -0.2) is 193 Å². The molecule has 0 spiro atoms. The summed E-state index contributed by atoms with van der Waals surface area (Å²) in [6.45, 7) is 1.81. The fourth-order valence-corrected chi connectivity index (χ4v) is 12.0. The van der Waals surface area contributed by atoms with Crippen LogP contribution in [0.4, 0.5) is 0 Å². The van der Waals surface area contributed by atoms with Crippen LogP contribution < -0.4 is 5.32 Å². The summed E-state index contributed by atoms with van der Waals surface area (Å²) in [6, 6.07) is -0.883. The van der Waals surface area contributed by atoms with E-state index in [0.29, 0.717) is 12.8 Å². The van der Waals surface area contributed by atoms with Crippen LogP contribution >= 0.6 is 0 Å². The van der Waals surface area contributed by atoms with Gasteiger partial charge in [0.2, 0.25) is 5.91 Å². The Labute approximate surface area is 512 Å². The summed E-state index contributed by atoms with van der Waals surface area (Å²) in [6.07, 6.45) is 25.9. The van der Waals surface area contributed by atoms with Crippen molar-refractivity contribution in [1.82, 2.24) is 5.32 Å². The topological polar surface area (TPSA) is 307 Å². The first-order valence-corrected chi connectivity index (χ1v) is 34.4. The molecule has 3 rings (SSSR count). The maximum Gasteiger partial charge on any atom is 0.220 e. The monoisotopic (exact) mass is 1220 g/mol. The van der Waals surface area contributed by atoms with E-state index in [1.165, 1.54) is 193 Å². The van der Waals surface area contributed by atoms with Crippen LogP contribution in [0, 0.1) is 0 Å². The van der Waals surface area contributed by atoms with Crippen molar-refractivity contribution < 1.29 is 89.4 Å². The van der Waals surface area contributed by atoms with Crippen molar-refractivity contribution in [3.05, 3.63) is 12.2 Å². The third-order valence-corrected chi connectivity index (χ3v) is 17.6. The second-order valence-electron chi connectivity index (χ2n) is 25.0. The van der Waals surface area contributed by atoms with Gasteiger partial charge in [0, 0.05) is 6.42 Å². The van der Waals surface area contributed by atoms with E-state index in [4.69, 9.17) is 28.4 Å². The minimum atomic E-state index is -1.97. The summed E-state index contributed by atoms with van der Waals surface area (Å²) in [7, 11) is 0. The van der Waals surface area contributed by atoms with Gasteiger partial charge in [-0.15, -0.1) is 0 Å². The van der Waals surface area contributed by atoms with Crippen molar-refractivity contribution in [3.63, 3.8) is 0 Å². The molecule has 0 aromatic heterocycles. The number of ether oxygens (including phenoxy) is 6. The summed E-state index contributed by atoms with van der Waals surface area (Å²) < 4.78 is 34.4. The Hall–Kier alpha value is -1.47. The SMILES string of the molecule is CCCCCCCCCC/C=C\CCCCCCCCCCCCCCCCCC(=O)NC(COC1OC(CO)C(OC2OC(CO)C(OC3OC(CO)C(O)C(O)C3O)C(O)C2O)C(O)C1O)C(O)CCCCCCCCCCCCCCC. The molecule has 0 aromatic rings. The highest BCUT2D eigenvalue weighted by Crippen LogP contribution is 2.33. The largest absolute Gasteiger partial charge is 0.394 e. The molecule has 3 saturated heterocycles. The molecule has 1 amide bonds. The Kier molecular flexibility index (Phi) is 45.1. The number of carbonyl (C=O) groups is 1. The molecule has 0 aliphatic carbocycles. The molecule has 502 valence electrons. The van der Waals surface area contributed by atoms with Crippen molar-refractivity contribution in [2.45, 2.75) is 375 Å². The fraction of sp³-hybridized carbons (Fsp3) is 0.955. The van der Waals surface area contributed by atoms with Gasteiger partial charge in [-0.25, -0.2) is 0 Å². The number of aliphatic hydroxyl groups is 11. The van der Waals surface area contributed by atoms with E-state index in [9.17, 15) is 61.0 Å². The van der Waals surface area contributed by atoms with E-state index in [0.717, 1.165) is 44.9 Å². The third kappa shape index (κ3) is 31.9. The molecule has 85 heavy (non-hydrogen) atoms. The van der Waals surface area contributed by atoms with Gasteiger partial charge in [-0.2, -0.15) is 0 Å². The maximum atomic E-state index is 13.4. The van der Waals surface area contributed by atoms with Gasteiger partial charge in [0.15, 0.2) is 18.9 Å². The fourth-order valence-electron chi connectivity index (χ4n) is 12.0. The lowest BCUT2D eigenvalue weighted by Crippen LogP contribution is -2.66. The molecule has 3 fully saturated rings. The number of allylic oxidation sites excluding steroid dienone is 2. The molecule has 12 N–H and O–H groups in total. The summed E-state index contributed by atoms with van der Waals surface area (Å²) in [5.41, 5.74) is 0. The third-order valence-electron chi connectivity index (χ3n) is 17.6. The molecule has 3 heterocycles. The molecule has 3 aliphatic rings. The van der Waals surface area contributed by atoms with Gasteiger partial charge in [-0.3, -0.25) is 4.79 Å². The number of aliphatic hydroxyl groups excluding tert-OH is 11. The number of unbranched alkanes of at least 4 members (excludes halogenated alkanes) is 35. The molecular weight excluding hydrogens is 1090 g/mol. The zero-order valence-corrected chi connectivity index (χ0v) is 52.9. The molecule has 19 heteroatoms. The Balaban J connectivity index is 1.39. The van der Waals surface area contributed by atoms with Gasteiger partial charge >= 0.3 is 0 Å². The number of hydrogen-bond acceptors (Lipinski definition) is 18. The summed E-state index contributed by atoms with van der Waals surface area (Å²) in [5.74, 6) is -0.239. The lowest BCUT2D eigenvalue weighted by Gasteiger charge is -2.48. The average molecular weight is 1220 g/mol. The molecule has 17 unspecified atom stereocenters. The number of amides is 1. The minimum absolute atomic E-state index is 0.239. The van der Waals surface area contributed by atoms with Crippen molar-refractivity contribution in [3.8, 4) is 0 Å². The van der Waals surface area contributed by atoms with Gasteiger partial charge in [-0.1, -0.05) is 238 Å². The highest BCUT2D eigenvalue weighted by molar-refractivity contribution is 5.76. The Morgan fingerprint density at radius 1 is 0.412 bits per heavy atom. The smallest absolute Gasteiger partial charge is 0.220 e. The van der Waals surface area contributed by atoms with Crippen LogP contribution in [0.2, 0.25) is 0 Å². The minimum Gasteiger partial charge on any atom is -0.394 e. The predicted molar refractivity (Wildman–Crippen MR) is 328 cm³/mol. The zero-order chi connectivity index (χ0) is 61.9. The van der Waals surface area contributed by atoms with Crippen molar-refractivity contribution in [2.24, 2.45) is 0 Å². The number of carbonyl (C=O) groups excluding carboxylic acids is 1. The maximum absolute atomic E-state index is 13.4. The lowest BCUT2D eigenvalue weighted by atomic mass is 9.96. The standard InChI is InChI=1S/C66H125NO18/c1-3-5-7-9-11-13-15-17-18-19-20-21-22-23-24-25-26-27-28-29-30-32-34-36-38-40-42-44-54(72)67-49(50(71)43-41-39-37-35-33-31-16-14-12-10-8-6-4-2)48-80-64-60(78)57(75)62(52(46-69)82-64)85-66-61(79)58(76)63(53(47-70)83-66)84-65-59(77)56(74)55(73)51(45-68)81-65/h19-20,49-53,55-66,68-71,73-79H,3-18,21-48H2,1-2H3,(H,67,72)/b20-19-. The molecule has 0 saturated carbocycles. The van der Waals surface area contributed by atoms with Crippen LogP contribution in [-0.2, 0) is 33.2 Å². The second kappa shape index (κ2) is 49.3. The molecule has 0 bridgehead atoms. The molecule has 0 radical (unpaired) electrons. The molecule has 3 aliphatic heterocycles. The van der Waals surface area contributed by atoms with Crippen molar-refractivity contribution in [2.75, 3.05) is 26.4 Å². The second-order valence-corrected chi connectivity index (χ2v) is 25.0. The Morgan fingerprint density at radius 3 is 1.14 bits per heavy atom. The van der Waals surface area contributed by atoms with Crippen LogP contribution in [0.25, 0.3) is 0 Å². The first-order chi connectivity index (χ1) is 41.3. The van der Waals surface area contributed by atoms with Gasteiger partial charge in [0.1, 0.15) is 73.2 Å². The van der Waals surface area contributed by atoms with E-state index >= 15 is 0 Å². The van der Waals surface area contributed by atoms with E-state index in [-0.39, 0.29) is 18.9 Å². The Morgan fingerprint density at radius 2 is 0.741 bits per heavy atom. The molecular formula is C66H125NO18. The van der Waals surface area contributed by atoms with Gasteiger partial charge in [-0.05, 0) is 38.5 Å². The Bertz CT molecular complexity index is 1600. The molecule has 0 aromatic carbocycles. The van der Waals surface area contributed by atoms with E-state index < -0.39 is 124 Å².